The second-order valence-electron chi connectivity index (χ2n) is 9.58. The Bertz CT molecular complexity index is 303. The monoisotopic (exact) mass is 406 g/mol. The van der Waals surface area contributed by atoms with Crippen molar-refractivity contribution in [2.45, 2.75) is 168 Å². The van der Waals surface area contributed by atoms with Crippen LogP contribution in [0.25, 0.3) is 0 Å². The minimum absolute atomic E-state index is 1.02. The highest BCUT2D eigenvalue weighted by molar-refractivity contribution is 4.81. The Morgan fingerprint density at radius 1 is 0.379 bits per heavy atom. The minimum atomic E-state index is 1.02. The van der Waals surface area contributed by atoms with E-state index in [1.54, 1.807) is 0 Å². The van der Waals surface area contributed by atoms with Gasteiger partial charge in [0.1, 0.15) is 0 Å². The fourth-order valence-corrected chi connectivity index (χ4v) is 4.54. The third-order valence-corrected chi connectivity index (χ3v) is 6.54. The van der Waals surface area contributed by atoms with Crippen LogP contribution in [-0.2, 0) is 0 Å². The number of allylic oxidation sites excluding steroid dienone is 2. The van der Waals surface area contributed by atoms with Crippen LogP contribution < -0.4 is 0 Å². The van der Waals surface area contributed by atoms with Crippen molar-refractivity contribution in [2.24, 2.45) is 5.92 Å². The molecule has 0 rings (SSSR count). The predicted octanol–water partition coefficient (Wildman–Crippen LogP) is 11.2. The van der Waals surface area contributed by atoms with Gasteiger partial charge in [-0.1, -0.05) is 161 Å². The van der Waals surface area contributed by atoms with E-state index in [0.29, 0.717) is 0 Å². The molecule has 0 saturated heterocycles. The van der Waals surface area contributed by atoms with Gasteiger partial charge in [0.05, 0.1) is 0 Å². The summed E-state index contributed by atoms with van der Waals surface area (Å²) in [5.74, 6) is 1.02. The number of rotatable bonds is 24. The second-order valence-corrected chi connectivity index (χ2v) is 9.58. The molecule has 0 nitrogen and oxygen atoms in total. The van der Waals surface area contributed by atoms with Crippen molar-refractivity contribution in [3.05, 3.63) is 12.2 Å². The molecule has 0 fully saturated rings. The van der Waals surface area contributed by atoms with Gasteiger partial charge in [-0.2, -0.15) is 0 Å². The van der Waals surface area contributed by atoms with Crippen molar-refractivity contribution < 1.29 is 0 Å². The largest absolute Gasteiger partial charge is 0.0885 e. The topological polar surface area (TPSA) is 0 Å². The third-order valence-electron chi connectivity index (χ3n) is 6.54. The fraction of sp³-hybridized carbons (Fsp3) is 0.931. The van der Waals surface area contributed by atoms with E-state index in [1.165, 1.54) is 148 Å². The molecular weight excluding hydrogens is 348 g/mol. The maximum Gasteiger partial charge on any atom is -0.0351 e. The van der Waals surface area contributed by atoms with Crippen LogP contribution in [0.5, 0.6) is 0 Å². The highest BCUT2D eigenvalue weighted by atomic mass is 14.1. The lowest BCUT2D eigenvalue weighted by Gasteiger charge is -2.16. The zero-order valence-electron chi connectivity index (χ0n) is 21.0. The van der Waals surface area contributed by atoms with Crippen molar-refractivity contribution in [3.8, 4) is 0 Å². The smallest absolute Gasteiger partial charge is 0.0351 e. The van der Waals surface area contributed by atoms with Crippen LogP contribution in [0, 0.1) is 5.92 Å². The first-order valence-electron chi connectivity index (χ1n) is 14.0. The summed E-state index contributed by atoms with van der Waals surface area (Å²) in [6, 6.07) is 0. The molecule has 0 saturated carbocycles. The first kappa shape index (κ1) is 28.7. The van der Waals surface area contributed by atoms with Gasteiger partial charge in [0.15, 0.2) is 0 Å². The molecular formula is C29H58. The lowest BCUT2D eigenvalue weighted by molar-refractivity contribution is 0.378. The quantitative estimate of drug-likeness (QED) is 0.110. The maximum atomic E-state index is 2.42. The van der Waals surface area contributed by atoms with Crippen LogP contribution in [0.15, 0.2) is 12.2 Å². The van der Waals surface area contributed by atoms with Gasteiger partial charge in [-0.15, -0.1) is 0 Å². The number of hydrogen-bond donors (Lipinski definition) is 0. The summed E-state index contributed by atoms with van der Waals surface area (Å²) >= 11 is 0. The second kappa shape index (κ2) is 25.8. The lowest BCUT2D eigenvalue weighted by Crippen LogP contribution is -2.00. The van der Waals surface area contributed by atoms with Crippen LogP contribution in [0.4, 0.5) is 0 Å². The van der Waals surface area contributed by atoms with Gasteiger partial charge in [0.2, 0.25) is 0 Å². The maximum absolute atomic E-state index is 2.42. The van der Waals surface area contributed by atoms with Gasteiger partial charge in [0.25, 0.3) is 0 Å². The van der Waals surface area contributed by atoms with E-state index in [2.05, 4.69) is 32.9 Å². The molecule has 0 aliphatic rings. The summed E-state index contributed by atoms with van der Waals surface area (Å²) in [7, 11) is 0. The van der Waals surface area contributed by atoms with E-state index >= 15 is 0 Å². The molecule has 0 bridgehead atoms. The fourth-order valence-electron chi connectivity index (χ4n) is 4.54. The molecule has 0 aromatic heterocycles. The molecule has 0 radical (unpaired) electrons. The molecule has 1 atom stereocenters. The van der Waals surface area contributed by atoms with Gasteiger partial charge in [0, 0.05) is 0 Å². The van der Waals surface area contributed by atoms with Crippen LogP contribution >= 0.6 is 0 Å². The van der Waals surface area contributed by atoms with Gasteiger partial charge in [-0.25, -0.2) is 0 Å². The Labute approximate surface area is 186 Å². The number of hydrogen-bond acceptors (Lipinski definition) is 0. The van der Waals surface area contributed by atoms with E-state index in [9.17, 15) is 0 Å². The Morgan fingerprint density at radius 2 is 0.793 bits per heavy atom. The van der Waals surface area contributed by atoms with Gasteiger partial charge >= 0.3 is 0 Å². The molecule has 0 spiro atoms. The molecule has 1 unspecified atom stereocenters. The summed E-state index contributed by atoms with van der Waals surface area (Å²) in [5, 5.41) is 0. The Hall–Kier alpha value is -0.260. The number of unbranched alkanes of at least 4 members (excludes halogenated alkanes) is 16. The van der Waals surface area contributed by atoms with Crippen LogP contribution in [0.2, 0.25) is 0 Å². The highest BCUT2D eigenvalue weighted by Crippen LogP contribution is 2.23. The molecule has 0 amide bonds. The standard InChI is InChI=1S/C29H58/c1-4-7-9-11-13-15-16-17-19-21-23-25-28-29(26-6-3)27-24-22-20-18-14-12-10-8-5-2/h12,14,29H,4-11,13,15-28H2,1-3H3. The zero-order valence-corrected chi connectivity index (χ0v) is 21.0. The molecule has 0 aromatic rings. The Kier molecular flexibility index (Phi) is 25.5. The van der Waals surface area contributed by atoms with E-state index < -0.39 is 0 Å². The average Bonchev–Trinajstić information content (AvgIpc) is 2.73. The Morgan fingerprint density at radius 3 is 1.28 bits per heavy atom. The van der Waals surface area contributed by atoms with Crippen molar-refractivity contribution >= 4 is 0 Å². The van der Waals surface area contributed by atoms with Crippen LogP contribution in [0.1, 0.15) is 168 Å². The van der Waals surface area contributed by atoms with Crippen molar-refractivity contribution in [2.75, 3.05) is 0 Å². The van der Waals surface area contributed by atoms with E-state index in [-0.39, 0.29) is 0 Å². The first-order chi connectivity index (χ1) is 14.3. The molecule has 0 aliphatic heterocycles. The van der Waals surface area contributed by atoms with E-state index in [1.807, 2.05) is 0 Å². The van der Waals surface area contributed by atoms with Gasteiger partial charge in [-0.05, 0) is 25.2 Å². The molecule has 0 aromatic carbocycles. The van der Waals surface area contributed by atoms with Crippen molar-refractivity contribution in [3.63, 3.8) is 0 Å². The SMILES string of the molecule is CCCCC=CCCCCCC(CCC)CCCCCCCCCCCCCC. The lowest BCUT2D eigenvalue weighted by atomic mass is 9.90. The van der Waals surface area contributed by atoms with Crippen LogP contribution in [0.3, 0.4) is 0 Å². The molecule has 0 N–H and O–H groups in total. The summed E-state index contributed by atoms with van der Waals surface area (Å²) < 4.78 is 0. The first-order valence-corrected chi connectivity index (χ1v) is 14.0. The summed E-state index contributed by atoms with van der Waals surface area (Å²) in [6.07, 6.45) is 37.9. The summed E-state index contributed by atoms with van der Waals surface area (Å²) in [5.41, 5.74) is 0. The molecule has 29 heavy (non-hydrogen) atoms. The predicted molar refractivity (Wildman–Crippen MR) is 136 cm³/mol. The average molecular weight is 407 g/mol. The van der Waals surface area contributed by atoms with E-state index in [4.69, 9.17) is 0 Å². The third kappa shape index (κ3) is 23.9. The molecule has 174 valence electrons. The van der Waals surface area contributed by atoms with Gasteiger partial charge in [-0.3, -0.25) is 0 Å². The highest BCUT2D eigenvalue weighted by Gasteiger charge is 2.07. The van der Waals surface area contributed by atoms with E-state index in [0.717, 1.165) is 5.92 Å². The van der Waals surface area contributed by atoms with Crippen LogP contribution in [-0.4, -0.2) is 0 Å². The molecule has 0 heteroatoms. The zero-order chi connectivity index (χ0) is 21.3. The Balaban J connectivity index is 3.44. The molecule has 0 heterocycles. The minimum Gasteiger partial charge on any atom is -0.0885 e. The van der Waals surface area contributed by atoms with Gasteiger partial charge < -0.3 is 0 Å². The summed E-state index contributed by atoms with van der Waals surface area (Å²) in [4.78, 5) is 0. The van der Waals surface area contributed by atoms with Crippen molar-refractivity contribution in [1.29, 1.82) is 0 Å². The summed E-state index contributed by atoms with van der Waals surface area (Å²) in [6.45, 7) is 6.95. The molecule has 0 aliphatic carbocycles. The normalized spacial score (nSPS) is 12.8. The van der Waals surface area contributed by atoms with Crippen molar-refractivity contribution in [1.82, 2.24) is 0 Å².